The van der Waals surface area contributed by atoms with Crippen LogP contribution < -0.4 is 5.32 Å². The SMILES string of the molecule is Cc1nn(C)cc1C(C)NCC1CCCS1(=O)=O. The molecular formula is C12H21N3O2S. The highest BCUT2D eigenvalue weighted by molar-refractivity contribution is 7.92. The Balaban J connectivity index is 1.96. The van der Waals surface area contributed by atoms with Crippen molar-refractivity contribution in [3.05, 3.63) is 17.5 Å². The lowest BCUT2D eigenvalue weighted by molar-refractivity contribution is 0.537. The summed E-state index contributed by atoms with van der Waals surface area (Å²) in [6, 6.07) is 0.134. The standard InChI is InChI=1S/C12H21N3O2S/c1-9(12-8-15(3)14-10(12)2)13-7-11-5-4-6-18(11,16)17/h8-9,11,13H,4-7H2,1-3H3. The van der Waals surface area contributed by atoms with Gasteiger partial charge >= 0.3 is 0 Å². The van der Waals surface area contributed by atoms with Crippen molar-refractivity contribution < 1.29 is 8.42 Å². The van der Waals surface area contributed by atoms with Crippen LogP contribution in [0.2, 0.25) is 0 Å². The summed E-state index contributed by atoms with van der Waals surface area (Å²) in [5, 5.41) is 7.41. The lowest BCUT2D eigenvalue weighted by atomic mass is 10.1. The number of aryl methyl sites for hydroxylation is 2. The van der Waals surface area contributed by atoms with E-state index in [-0.39, 0.29) is 11.3 Å². The van der Waals surface area contributed by atoms with Crippen molar-refractivity contribution in [1.29, 1.82) is 0 Å². The first-order valence-electron chi connectivity index (χ1n) is 6.35. The molecule has 2 rings (SSSR count). The Hall–Kier alpha value is -0.880. The van der Waals surface area contributed by atoms with Gasteiger partial charge in [-0.05, 0) is 26.7 Å². The second kappa shape index (κ2) is 5.01. The fourth-order valence-corrected chi connectivity index (χ4v) is 4.33. The van der Waals surface area contributed by atoms with Gasteiger partial charge in [-0.25, -0.2) is 8.42 Å². The van der Waals surface area contributed by atoms with E-state index >= 15 is 0 Å². The zero-order valence-electron chi connectivity index (χ0n) is 11.2. The van der Waals surface area contributed by atoms with E-state index in [0.29, 0.717) is 12.3 Å². The van der Waals surface area contributed by atoms with Crippen LogP contribution in [0.4, 0.5) is 0 Å². The molecule has 102 valence electrons. The maximum atomic E-state index is 11.7. The third kappa shape index (κ3) is 2.75. The molecule has 1 aliphatic heterocycles. The van der Waals surface area contributed by atoms with Gasteiger partial charge in [0.15, 0.2) is 9.84 Å². The predicted octanol–water partition coefficient (Wildman–Crippen LogP) is 0.956. The summed E-state index contributed by atoms with van der Waals surface area (Å²) >= 11 is 0. The maximum absolute atomic E-state index is 11.7. The molecule has 0 aromatic carbocycles. The molecule has 0 amide bonds. The fourth-order valence-electron chi connectivity index (χ4n) is 2.55. The first-order chi connectivity index (χ1) is 8.40. The molecule has 18 heavy (non-hydrogen) atoms. The van der Waals surface area contributed by atoms with E-state index in [1.54, 1.807) is 4.68 Å². The molecule has 1 aromatic rings. The van der Waals surface area contributed by atoms with E-state index in [2.05, 4.69) is 10.4 Å². The molecule has 1 fully saturated rings. The second-order valence-electron chi connectivity index (χ2n) is 5.10. The molecule has 0 saturated carbocycles. The highest BCUT2D eigenvalue weighted by Crippen LogP contribution is 2.21. The minimum absolute atomic E-state index is 0.134. The Kier molecular flexibility index (Phi) is 3.77. The Bertz CT molecular complexity index is 521. The smallest absolute Gasteiger partial charge is 0.154 e. The summed E-state index contributed by atoms with van der Waals surface area (Å²) in [6.45, 7) is 4.56. The van der Waals surface area contributed by atoms with Crippen molar-refractivity contribution in [2.24, 2.45) is 7.05 Å². The first kappa shape index (κ1) is 13.5. The molecule has 6 heteroatoms. The van der Waals surface area contributed by atoms with Gasteiger partial charge in [0.25, 0.3) is 0 Å². The quantitative estimate of drug-likeness (QED) is 0.886. The lowest BCUT2D eigenvalue weighted by Crippen LogP contribution is -2.32. The predicted molar refractivity (Wildman–Crippen MR) is 71.2 cm³/mol. The van der Waals surface area contributed by atoms with Crippen LogP contribution in [0, 0.1) is 6.92 Å². The molecule has 1 saturated heterocycles. The van der Waals surface area contributed by atoms with Gasteiger partial charge in [0.1, 0.15) is 0 Å². The monoisotopic (exact) mass is 271 g/mol. The van der Waals surface area contributed by atoms with Crippen molar-refractivity contribution in [2.75, 3.05) is 12.3 Å². The molecule has 0 radical (unpaired) electrons. The first-order valence-corrected chi connectivity index (χ1v) is 8.07. The van der Waals surface area contributed by atoms with Crippen molar-refractivity contribution in [1.82, 2.24) is 15.1 Å². The molecule has 1 N–H and O–H groups in total. The third-order valence-electron chi connectivity index (χ3n) is 3.63. The van der Waals surface area contributed by atoms with Crippen LogP contribution in [0.25, 0.3) is 0 Å². The van der Waals surface area contributed by atoms with Gasteiger partial charge in [-0.1, -0.05) is 0 Å². The van der Waals surface area contributed by atoms with Crippen LogP contribution in [-0.2, 0) is 16.9 Å². The highest BCUT2D eigenvalue weighted by Gasteiger charge is 2.31. The summed E-state index contributed by atoms with van der Waals surface area (Å²) in [4.78, 5) is 0. The Labute approximate surface area is 108 Å². The summed E-state index contributed by atoms with van der Waals surface area (Å²) in [5.41, 5.74) is 2.12. The summed E-state index contributed by atoms with van der Waals surface area (Å²) < 4.78 is 25.2. The van der Waals surface area contributed by atoms with Gasteiger partial charge in [0, 0.05) is 31.4 Å². The molecule has 2 unspecified atom stereocenters. The van der Waals surface area contributed by atoms with Gasteiger partial charge in [0.2, 0.25) is 0 Å². The Morgan fingerprint density at radius 1 is 1.61 bits per heavy atom. The van der Waals surface area contributed by atoms with E-state index < -0.39 is 9.84 Å². The molecular weight excluding hydrogens is 250 g/mol. The average Bonchev–Trinajstić information content (AvgIpc) is 2.78. The topological polar surface area (TPSA) is 64.0 Å². The van der Waals surface area contributed by atoms with E-state index in [9.17, 15) is 8.42 Å². The van der Waals surface area contributed by atoms with E-state index in [0.717, 1.165) is 24.1 Å². The highest BCUT2D eigenvalue weighted by atomic mass is 32.2. The average molecular weight is 271 g/mol. The normalized spacial score (nSPS) is 24.3. The van der Waals surface area contributed by atoms with Crippen LogP contribution in [-0.4, -0.2) is 35.7 Å². The van der Waals surface area contributed by atoms with Crippen LogP contribution >= 0.6 is 0 Å². The largest absolute Gasteiger partial charge is 0.309 e. The maximum Gasteiger partial charge on any atom is 0.154 e. The lowest BCUT2D eigenvalue weighted by Gasteiger charge is -2.16. The number of hydrogen-bond acceptors (Lipinski definition) is 4. The number of aromatic nitrogens is 2. The Morgan fingerprint density at radius 2 is 2.33 bits per heavy atom. The molecule has 0 bridgehead atoms. The second-order valence-corrected chi connectivity index (χ2v) is 7.51. The zero-order chi connectivity index (χ0) is 13.3. The summed E-state index contributed by atoms with van der Waals surface area (Å²) in [6.07, 6.45) is 3.57. The van der Waals surface area contributed by atoms with Gasteiger partial charge in [0.05, 0.1) is 16.7 Å². The number of hydrogen-bond donors (Lipinski definition) is 1. The van der Waals surface area contributed by atoms with Gasteiger partial charge < -0.3 is 5.32 Å². The number of nitrogens with zero attached hydrogens (tertiary/aromatic N) is 2. The van der Waals surface area contributed by atoms with Gasteiger partial charge in [-0.15, -0.1) is 0 Å². The number of rotatable bonds is 4. The van der Waals surface area contributed by atoms with Crippen LogP contribution in [0.15, 0.2) is 6.20 Å². The molecule has 5 nitrogen and oxygen atoms in total. The van der Waals surface area contributed by atoms with Crippen molar-refractivity contribution >= 4 is 9.84 Å². The minimum Gasteiger partial charge on any atom is -0.309 e. The summed E-state index contributed by atoms with van der Waals surface area (Å²) in [7, 11) is -0.960. The van der Waals surface area contributed by atoms with E-state index in [1.807, 2.05) is 27.1 Å². The Morgan fingerprint density at radius 3 is 2.83 bits per heavy atom. The minimum atomic E-state index is -2.85. The summed E-state index contributed by atoms with van der Waals surface area (Å²) in [5.74, 6) is 0.347. The van der Waals surface area contributed by atoms with Crippen LogP contribution in [0.1, 0.15) is 37.1 Å². The fraction of sp³-hybridized carbons (Fsp3) is 0.750. The molecule has 2 heterocycles. The van der Waals surface area contributed by atoms with Crippen molar-refractivity contribution in [3.63, 3.8) is 0 Å². The molecule has 0 aliphatic carbocycles. The van der Waals surface area contributed by atoms with Crippen molar-refractivity contribution in [3.8, 4) is 0 Å². The van der Waals surface area contributed by atoms with Crippen molar-refractivity contribution in [2.45, 2.75) is 38.0 Å². The van der Waals surface area contributed by atoms with Gasteiger partial charge in [-0.2, -0.15) is 5.10 Å². The molecule has 1 aliphatic rings. The number of sulfone groups is 1. The third-order valence-corrected chi connectivity index (χ3v) is 5.91. The molecule has 0 spiro atoms. The molecule has 2 atom stereocenters. The van der Waals surface area contributed by atoms with Gasteiger partial charge in [-0.3, -0.25) is 4.68 Å². The van der Waals surface area contributed by atoms with Crippen LogP contribution in [0.5, 0.6) is 0 Å². The van der Waals surface area contributed by atoms with Crippen LogP contribution in [0.3, 0.4) is 0 Å². The molecule has 1 aromatic heterocycles. The van der Waals surface area contributed by atoms with E-state index in [1.165, 1.54) is 0 Å². The number of nitrogens with one attached hydrogen (secondary N) is 1. The zero-order valence-corrected chi connectivity index (χ0v) is 12.0. The van der Waals surface area contributed by atoms with E-state index in [4.69, 9.17) is 0 Å².